The van der Waals surface area contributed by atoms with Gasteiger partial charge in [-0.1, -0.05) is 12.1 Å². The molecule has 6 nitrogen and oxygen atoms in total. The van der Waals surface area contributed by atoms with E-state index in [1.54, 1.807) is 30.3 Å². The summed E-state index contributed by atoms with van der Waals surface area (Å²) in [5.41, 5.74) is 6.62. The molecule has 0 spiro atoms. The number of anilines is 2. The predicted octanol–water partition coefficient (Wildman–Crippen LogP) is 2.25. The van der Waals surface area contributed by atoms with E-state index in [4.69, 9.17) is 10.5 Å². The van der Waals surface area contributed by atoms with Crippen LogP contribution < -0.4 is 15.2 Å². The van der Waals surface area contributed by atoms with Crippen molar-refractivity contribution in [3.05, 3.63) is 47.2 Å². The number of nitrogens with one attached hydrogen (secondary N) is 1. The van der Waals surface area contributed by atoms with Gasteiger partial charge in [0, 0.05) is 12.4 Å². The molecule has 0 bridgehead atoms. The van der Waals surface area contributed by atoms with Gasteiger partial charge in [0.15, 0.2) is 0 Å². The van der Waals surface area contributed by atoms with Crippen molar-refractivity contribution in [3.8, 4) is 5.75 Å². The Kier molecular flexibility index (Phi) is 5.03. The van der Waals surface area contributed by atoms with Gasteiger partial charge in [0.2, 0.25) is 10.0 Å². The van der Waals surface area contributed by atoms with Crippen LogP contribution in [0.2, 0.25) is 0 Å². The molecule has 1 aromatic heterocycles. The molecule has 0 fully saturated rings. The lowest BCUT2D eigenvalue weighted by Crippen LogP contribution is -2.21. The average Bonchev–Trinajstić information content (AvgIpc) is 2.43. The Morgan fingerprint density at radius 1 is 1.29 bits per heavy atom. The van der Waals surface area contributed by atoms with Crippen molar-refractivity contribution in [3.63, 3.8) is 0 Å². The van der Waals surface area contributed by atoms with Gasteiger partial charge in [0.1, 0.15) is 18.1 Å². The molecule has 0 aliphatic rings. The predicted molar refractivity (Wildman–Crippen MR) is 85.7 cm³/mol. The van der Waals surface area contributed by atoms with E-state index < -0.39 is 10.0 Å². The lowest BCUT2D eigenvalue weighted by molar-refractivity contribution is 0.343. The molecule has 0 aliphatic heterocycles. The number of aromatic nitrogens is 1. The van der Waals surface area contributed by atoms with Gasteiger partial charge >= 0.3 is 0 Å². The summed E-state index contributed by atoms with van der Waals surface area (Å²) >= 11 is 3.23. The lowest BCUT2D eigenvalue weighted by atomic mass is 10.3. The third-order valence-corrected chi connectivity index (χ3v) is 4.43. The van der Waals surface area contributed by atoms with Crippen molar-refractivity contribution in [2.24, 2.45) is 0 Å². The van der Waals surface area contributed by atoms with Gasteiger partial charge in [-0.3, -0.25) is 9.71 Å². The molecule has 1 heterocycles. The molecule has 0 saturated carbocycles. The van der Waals surface area contributed by atoms with E-state index in [1.807, 2.05) is 0 Å². The summed E-state index contributed by atoms with van der Waals surface area (Å²) in [5.74, 6) is 0.286. The maximum atomic E-state index is 12.0. The maximum Gasteiger partial charge on any atom is 0.236 e. The second-order valence-corrected chi connectivity index (χ2v) is 6.86. The normalized spacial score (nSPS) is 11.1. The van der Waals surface area contributed by atoms with E-state index in [1.165, 1.54) is 12.4 Å². The first-order valence-corrected chi connectivity index (χ1v) is 8.50. The first-order valence-electron chi connectivity index (χ1n) is 6.05. The molecule has 3 N–H and O–H groups in total. The van der Waals surface area contributed by atoms with Gasteiger partial charge in [-0.15, -0.1) is 0 Å². The van der Waals surface area contributed by atoms with Gasteiger partial charge in [-0.2, -0.15) is 0 Å². The van der Waals surface area contributed by atoms with Crippen LogP contribution in [0.15, 0.2) is 47.2 Å². The highest BCUT2D eigenvalue weighted by atomic mass is 79.9. The summed E-state index contributed by atoms with van der Waals surface area (Å²) in [4.78, 5) is 3.87. The molecular formula is C13H14BrN3O3S. The third kappa shape index (κ3) is 4.61. The zero-order valence-electron chi connectivity index (χ0n) is 11.0. The number of halogens is 1. The maximum absolute atomic E-state index is 12.0. The summed E-state index contributed by atoms with van der Waals surface area (Å²) in [6.45, 7) is 0.00620. The molecule has 0 aliphatic carbocycles. The Labute approximate surface area is 131 Å². The van der Waals surface area contributed by atoms with E-state index in [0.29, 0.717) is 21.6 Å². The second kappa shape index (κ2) is 6.77. The smallest absolute Gasteiger partial charge is 0.236 e. The van der Waals surface area contributed by atoms with E-state index >= 15 is 0 Å². The van der Waals surface area contributed by atoms with Gasteiger partial charge in [0.05, 0.1) is 15.8 Å². The number of nitrogen functional groups attached to an aromatic ring is 1. The SMILES string of the molecule is Nc1ccccc1OCCS(=O)(=O)Nc1ccncc1Br. The Balaban J connectivity index is 1.93. The fourth-order valence-corrected chi connectivity index (χ4v) is 2.95. The van der Waals surface area contributed by atoms with Crippen LogP contribution in [0.4, 0.5) is 11.4 Å². The fourth-order valence-electron chi connectivity index (χ4n) is 1.55. The summed E-state index contributed by atoms with van der Waals surface area (Å²) in [6.07, 6.45) is 3.02. The minimum Gasteiger partial charge on any atom is -0.490 e. The molecule has 8 heteroatoms. The monoisotopic (exact) mass is 371 g/mol. The number of nitrogens with zero attached hydrogens (tertiary/aromatic N) is 1. The van der Waals surface area contributed by atoms with Crippen molar-refractivity contribution in [1.29, 1.82) is 0 Å². The average molecular weight is 372 g/mol. The van der Waals surface area contributed by atoms with Crippen LogP contribution in [0.1, 0.15) is 0 Å². The van der Waals surface area contributed by atoms with Gasteiger partial charge in [0.25, 0.3) is 0 Å². The van der Waals surface area contributed by atoms with Crippen LogP contribution in [0.25, 0.3) is 0 Å². The molecule has 0 unspecified atom stereocenters. The van der Waals surface area contributed by atoms with E-state index in [2.05, 4.69) is 25.6 Å². The van der Waals surface area contributed by atoms with E-state index in [-0.39, 0.29) is 12.4 Å². The van der Waals surface area contributed by atoms with Crippen molar-refractivity contribution in [2.75, 3.05) is 22.8 Å². The molecule has 0 radical (unpaired) electrons. The second-order valence-electron chi connectivity index (χ2n) is 4.16. The molecular weight excluding hydrogens is 358 g/mol. The van der Waals surface area contributed by atoms with Gasteiger partial charge < -0.3 is 10.5 Å². The van der Waals surface area contributed by atoms with Crippen molar-refractivity contribution >= 4 is 37.3 Å². The highest BCUT2D eigenvalue weighted by Gasteiger charge is 2.13. The summed E-state index contributed by atoms with van der Waals surface area (Å²) < 4.78 is 32.3. The van der Waals surface area contributed by atoms with Gasteiger partial charge in [-0.25, -0.2) is 8.42 Å². The zero-order chi connectivity index (χ0) is 15.3. The van der Waals surface area contributed by atoms with Crippen LogP contribution in [0, 0.1) is 0 Å². The molecule has 2 rings (SSSR count). The number of pyridine rings is 1. The number of sulfonamides is 1. The third-order valence-electron chi connectivity index (χ3n) is 2.57. The van der Waals surface area contributed by atoms with Crippen LogP contribution >= 0.6 is 15.9 Å². The van der Waals surface area contributed by atoms with Crippen molar-refractivity contribution < 1.29 is 13.2 Å². The molecule has 0 atom stereocenters. The largest absolute Gasteiger partial charge is 0.490 e. The highest BCUT2D eigenvalue weighted by Crippen LogP contribution is 2.22. The number of nitrogens with two attached hydrogens (primary N) is 1. The fraction of sp³-hybridized carbons (Fsp3) is 0.154. The molecule has 112 valence electrons. The first kappa shape index (κ1) is 15.6. The highest BCUT2D eigenvalue weighted by molar-refractivity contribution is 9.10. The Bertz CT molecular complexity index is 722. The molecule has 0 amide bonds. The lowest BCUT2D eigenvalue weighted by Gasteiger charge is -2.11. The van der Waals surface area contributed by atoms with Crippen LogP contribution in [-0.4, -0.2) is 25.8 Å². The van der Waals surface area contributed by atoms with Crippen LogP contribution in [-0.2, 0) is 10.0 Å². The van der Waals surface area contributed by atoms with E-state index in [9.17, 15) is 8.42 Å². The molecule has 0 saturated heterocycles. The van der Waals surface area contributed by atoms with Crippen molar-refractivity contribution in [1.82, 2.24) is 4.98 Å². The number of benzene rings is 1. The summed E-state index contributed by atoms with van der Waals surface area (Å²) in [6, 6.07) is 8.50. The van der Waals surface area contributed by atoms with Crippen molar-refractivity contribution in [2.45, 2.75) is 0 Å². The zero-order valence-corrected chi connectivity index (χ0v) is 13.4. The summed E-state index contributed by atoms with van der Waals surface area (Å²) in [7, 11) is -3.51. The minimum absolute atomic E-state index is 0.00620. The topological polar surface area (TPSA) is 94.3 Å². The number of hydrogen-bond acceptors (Lipinski definition) is 5. The van der Waals surface area contributed by atoms with Gasteiger partial charge in [-0.05, 0) is 34.1 Å². The first-order chi connectivity index (χ1) is 9.98. The number of para-hydroxylation sites is 2. The number of rotatable bonds is 6. The molecule has 1 aromatic carbocycles. The van der Waals surface area contributed by atoms with E-state index in [0.717, 1.165) is 0 Å². The standard InChI is InChI=1S/C13H14BrN3O3S/c14-10-9-16-6-5-12(10)17-21(18,19)8-7-20-13-4-2-1-3-11(13)15/h1-6,9H,7-8,15H2,(H,16,17). The number of ether oxygens (including phenoxy) is 1. The Morgan fingerprint density at radius 3 is 2.76 bits per heavy atom. The van der Waals surface area contributed by atoms with Crippen LogP contribution in [0.3, 0.4) is 0 Å². The summed E-state index contributed by atoms with van der Waals surface area (Å²) in [5, 5.41) is 0. The Hall–Kier alpha value is -1.80. The number of hydrogen-bond donors (Lipinski definition) is 2. The minimum atomic E-state index is -3.51. The molecule has 21 heavy (non-hydrogen) atoms. The quantitative estimate of drug-likeness (QED) is 0.759. The molecule has 2 aromatic rings. The van der Waals surface area contributed by atoms with Crippen LogP contribution in [0.5, 0.6) is 5.75 Å². The Morgan fingerprint density at radius 2 is 2.05 bits per heavy atom.